The second-order valence-corrected chi connectivity index (χ2v) is 9.31. The Morgan fingerprint density at radius 3 is 2.37 bits per heavy atom. The van der Waals surface area contributed by atoms with Crippen LogP contribution in [0.1, 0.15) is 36.5 Å². The molecule has 1 aliphatic rings. The van der Waals surface area contributed by atoms with Crippen molar-refractivity contribution in [2.24, 2.45) is 0 Å². The summed E-state index contributed by atoms with van der Waals surface area (Å²) in [6.07, 6.45) is -4.45. The van der Waals surface area contributed by atoms with E-state index in [1.165, 1.54) is 23.6 Å². The van der Waals surface area contributed by atoms with Crippen molar-refractivity contribution in [2.75, 3.05) is 0 Å². The Bertz CT molecular complexity index is 989. The van der Waals surface area contributed by atoms with Gasteiger partial charge in [-0.05, 0) is 51.9 Å². The van der Waals surface area contributed by atoms with Gasteiger partial charge in [-0.1, -0.05) is 53.9 Å². The maximum Gasteiger partial charge on any atom is 0.407 e. The van der Waals surface area contributed by atoms with E-state index in [-0.39, 0.29) is 34.5 Å². The number of thioether (sulfide) groups is 1. The van der Waals surface area contributed by atoms with Crippen molar-refractivity contribution < 1.29 is 18.0 Å². The van der Waals surface area contributed by atoms with Crippen LogP contribution in [-0.4, -0.2) is 12.1 Å². The molecule has 1 unspecified atom stereocenters. The number of amides is 1. The summed E-state index contributed by atoms with van der Waals surface area (Å²) in [5, 5.41) is 4.91. The molecule has 0 saturated carbocycles. The van der Waals surface area contributed by atoms with Gasteiger partial charge in [-0.2, -0.15) is 13.2 Å². The number of rotatable bonds is 5. The maximum absolute atomic E-state index is 14.2. The number of nitrogens with one attached hydrogen (secondary N) is 1. The second kappa shape index (κ2) is 9.03. The van der Waals surface area contributed by atoms with Gasteiger partial charge in [0.05, 0.1) is 0 Å². The highest BCUT2D eigenvalue weighted by molar-refractivity contribution is 8.03. The average Bonchev–Trinajstić information content (AvgIpc) is 3.13. The topological polar surface area (TPSA) is 29.1 Å². The van der Waals surface area contributed by atoms with Crippen molar-refractivity contribution >= 4 is 58.0 Å². The van der Waals surface area contributed by atoms with E-state index in [1.54, 1.807) is 25.1 Å². The van der Waals surface area contributed by atoms with Crippen LogP contribution in [0.5, 0.6) is 0 Å². The first kappa shape index (κ1) is 23.3. The van der Waals surface area contributed by atoms with E-state index < -0.39 is 10.9 Å². The van der Waals surface area contributed by atoms with Crippen molar-refractivity contribution in [3.63, 3.8) is 0 Å². The summed E-state index contributed by atoms with van der Waals surface area (Å²) in [5.41, 5.74) is 1.81. The van der Waals surface area contributed by atoms with Crippen LogP contribution in [0.25, 0.3) is 5.57 Å². The van der Waals surface area contributed by atoms with Gasteiger partial charge in [0.15, 0.2) is 0 Å². The molecule has 0 spiro atoms. The van der Waals surface area contributed by atoms with Crippen LogP contribution in [0.15, 0.2) is 41.8 Å². The van der Waals surface area contributed by atoms with E-state index in [9.17, 15) is 18.0 Å². The van der Waals surface area contributed by atoms with Gasteiger partial charge in [-0.15, -0.1) is 11.8 Å². The fraction of sp³-hybridized carbons (Fsp3) is 0.286. The zero-order valence-corrected chi connectivity index (χ0v) is 18.8. The largest absolute Gasteiger partial charge is 0.407 e. The molecule has 9 heteroatoms. The van der Waals surface area contributed by atoms with Crippen LogP contribution in [0.4, 0.5) is 13.2 Å². The number of benzene rings is 2. The highest BCUT2D eigenvalue weighted by Crippen LogP contribution is 2.60. The van der Waals surface area contributed by atoms with Gasteiger partial charge in [0.2, 0.25) is 5.91 Å². The molecule has 1 atom stereocenters. The van der Waals surface area contributed by atoms with Crippen LogP contribution in [0, 0.1) is 0 Å². The van der Waals surface area contributed by atoms with Crippen LogP contribution in [-0.2, 0) is 16.1 Å². The van der Waals surface area contributed by atoms with Crippen LogP contribution in [0.3, 0.4) is 0 Å². The summed E-state index contributed by atoms with van der Waals surface area (Å²) < 4.78 is 40.4. The van der Waals surface area contributed by atoms with Gasteiger partial charge < -0.3 is 5.32 Å². The van der Waals surface area contributed by atoms with Crippen LogP contribution >= 0.6 is 46.6 Å². The molecule has 1 N–H and O–H groups in total. The normalized spacial score (nSPS) is 19.0. The molecule has 2 aromatic rings. The Labute approximate surface area is 191 Å². The van der Waals surface area contributed by atoms with Gasteiger partial charge in [0.25, 0.3) is 0 Å². The molecule has 160 valence electrons. The zero-order valence-electron chi connectivity index (χ0n) is 15.7. The van der Waals surface area contributed by atoms with Gasteiger partial charge in [0, 0.05) is 34.5 Å². The molecule has 2 nitrogen and oxygen atoms in total. The number of hydrogen-bond donors (Lipinski definition) is 1. The third kappa shape index (κ3) is 4.77. The SMILES string of the molecule is CCC(=O)NCc1ccc(C2=CSC(c3cc(Cl)cc(Cl)c3)(C(F)(F)F)C2)cc1Cl. The molecule has 0 saturated heterocycles. The van der Waals surface area contributed by atoms with E-state index >= 15 is 0 Å². The number of halogens is 6. The van der Waals surface area contributed by atoms with E-state index in [2.05, 4.69) is 5.32 Å². The third-order valence-corrected chi connectivity index (χ3v) is 7.05. The molecule has 3 rings (SSSR count). The molecular formula is C21H17Cl3F3NOS. The minimum absolute atomic E-state index is 0.00810. The first-order valence-corrected chi connectivity index (χ1v) is 11.0. The summed E-state index contributed by atoms with van der Waals surface area (Å²) >= 11 is 18.9. The van der Waals surface area contributed by atoms with Gasteiger partial charge in [0.1, 0.15) is 4.75 Å². The molecule has 1 amide bonds. The molecule has 0 aromatic heterocycles. The lowest BCUT2D eigenvalue weighted by Crippen LogP contribution is -2.37. The van der Waals surface area contributed by atoms with Crippen molar-refractivity contribution in [3.05, 3.63) is 73.6 Å². The van der Waals surface area contributed by atoms with E-state index in [4.69, 9.17) is 34.8 Å². The minimum atomic E-state index is -4.53. The lowest BCUT2D eigenvalue weighted by molar-refractivity contribution is -0.160. The van der Waals surface area contributed by atoms with Crippen LogP contribution < -0.4 is 5.32 Å². The maximum atomic E-state index is 14.2. The Morgan fingerprint density at radius 1 is 1.13 bits per heavy atom. The number of carbonyl (C=O) groups excluding carboxylic acids is 1. The Balaban J connectivity index is 1.89. The minimum Gasteiger partial charge on any atom is -0.352 e. The van der Waals surface area contributed by atoms with Gasteiger partial charge >= 0.3 is 6.18 Å². The predicted octanol–water partition coefficient (Wildman–Crippen LogP) is 7.61. The first-order chi connectivity index (χ1) is 14.1. The van der Waals surface area contributed by atoms with Crippen molar-refractivity contribution in [3.8, 4) is 0 Å². The number of carbonyl (C=O) groups is 1. The molecule has 2 aromatic carbocycles. The summed E-state index contributed by atoms with van der Waals surface area (Å²) in [6.45, 7) is 2.00. The fourth-order valence-electron chi connectivity index (χ4n) is 3.19. The third-order valence-electron chi connectivity index (χ3n) is 4.85. The van der Waals surface area contributed by atoms with Crippen molar-refractivity contribution in [1.82, 2.24) is 5.32 Å². The molecular weight excluding hydrogens is 478 g/mol. The molecule has 0 radical (unpaired) electrons. The monoisotopic (exact) mass is 493 g/mol. The number of hydrogen-bond acceptors (Lipinski definition) is 2. The number of allylic oxidation sites excluding steroid dienone is 1. The quantitative estimate of drug-likeness (QED) is 0.463. The summed E-state index contributed by atoms with van der Waals surface area (Å²) in [5.74, 6) is -0.111. The lowest BCUT2D eigenvalue weighted by atomic mass is 9.88. The highest BCUT2D eigenvalue weighted by atomic mass is 35.5. The molecule has 0 aliphatic carbocycles. The smallest absolute Gasteiger partial charge is 0.352 e. The summed E-state index contributed by atoms with van der Waals surface area (Å²) in [7, 11) is 0. The molecule has 1 heterocycles. The predicted molar refractivity (Wildman–Crippen MR) is 118 cm³/mol. The van der Waals surface area contributed by atoms with Crippen LogP contribution in [0.2, 0.25) is 15.1 Å². The highest BCUT2D eigenvalue weighted by Gasteiger charge is 2.58. The Kier molecular flexibility index (Phi) is 7.02. The fourth-order valence-corrected chi connectivity index (χ4v) is 5.15. The van der Waals surface area contributed by atoms with Crippen molar-refractivity contribution in [2.45, 2.75) is 37.2 Å². The van der Waals surface area contributed by atoms with Gasteiger partial charge in [-0.25, -0.2) is 0 Å². The van der Waals surface area contributed by atoms with Gasteiger partial charge in [-0.3, -0.25) is 4.79 Å². The van der Waals surface area contributed by atoms with Crippen molar-refractivity contribution in [1.29, 1.82) is 0 Å². The zero-order chi connectivity index (χ0) is 22.1. The van der Waals surface area contributed by atoms with E-state index in [1.807, 2.05) is 0 Å². The standard InChI is InChI=1S/C21H17Cl3F3NOS/c1-2-19(29)28-10-13-4-3-12(5-18(13)24)14-9-20(30-11-14,21(25,26)27)15-6-16(22)8-17(23)7-15/h3-8,11H,2,9-10H2,1H3,(H,28,29). The first-order valence-electron chi connectivity index (χ1n) is 9.01. The second-order valence-electron chi connectivity index (χ2n) is 6.86. The molecule has 0 bridgehead atoms. The molecule has 30 heavy (non-hydrogen) atoms. The lowest BCUT2D eigenvalue weighted by Gasteiger charge is -2.32. The molecule has 0 fully saturated rings. The van der Waals surface area contributed by atoms with E-state index in [0.29, 0.717) is 39.9 Å². The number of alkyl halides is 3. The summed E-state index contributed by atoms with van der Waals surface area (Å²) in [6, 6.07) is 9.06. The summed E-state index contributed by atoms with van der Waals surface area (Å²) in [4.78, 5) is 11.4. The molecule has 1 aliphatic heterocycles. The Morgan fingerprint density at radius 2 is 1.80 bits per heavy atom. The average molecular weight is 495 g/mol. The van der Waals surface area contributed by atoms with E-state index in [0.717, 1.165) is 0 Å². The Hall–Kier alpha value is -1.34.